The van der Waals surface area contributed by atoms with Crippen molar-refractivity contribution in [1.82, 2.24) is 9.97 Å². The number of aliphatic imine (C=N–C) groups is 1. The molecule has 0 fully saturated rings. The summed E-state index contributed by atoms with van der Waals surface area (Å²) in [6.07, 6.45) is -7.55. The van der Waals surface area contributed by atoms with Crippen molar-refractivity contribution in [3.63, 3.8) is 0 Å². The van der Waals surface area contributed by atoms with E-state index in [9.17, 15) is 31.1 Å². The molecule has 0 unspecified atom stereocenters. The molecule has 0 atom stereocenters. The number of amidine groups is 1. The van der Waals surface area contributed by atoms with Gasteiger partial charge in [0.1, 0.15) is 5.82 Å². The summed E-state index contributed by atoms with van der Waals surface area (Å²) in [6.45, 7) is 0. The summed E-state index contributed by atoms with van der Waals surface area (Å²) >= 11 is 0. The molecule has 1 aliphatic rings. The molecule has 0 saturated heterocycles. The standard InChI is InChI=1S/C20H10F6N4O/c21-19(22,23)11-5-7-27-15(9-11)29-17-13-3-1-2-4-14(13)18(31)30(17)16-10-12(6-8-28-16)20(24,25)26/h1-10H. The van der Waals surface area contributed by atoms with Crippen molar-refractivity contribution >= 4 is 23.4 Å². The Morgan fingerprint density at radius 1 is 0.774 bits per heavy atom. The van der Waals surface area contributed by atoms with Gasteiger partial charge in [-0.15, -0.1) is 0 Å². The number of carbonyl (C=O) groups is 1. The summed E-state index contributed by atoms with van der Waals surface area (Å²) in [7, 11) is 0. The van der Waals surface area contributed by atoms with Crippen LogP contribution in [0, 0.1) is 0 Å². The highest BCUT2D eigenvalue weighted by Gasteiger charge is 2.38. The normalized spacial score (nSPS) is 15.5. The highest BCUT2D eigenvalue weighted by Crippen LogP contribution is 2.35. The number of amides is 1. The summed E-state index contributed by atoms with van der Waals surface area (Å²) in [5.74, 6) is -1.64. The number of rotatable bonds is 2. The van der Waals surface area contributed by atoms with Crippen LogP contribution in [0.25, 0.3) is 0 Å². The number of alkyl halides is 6. The van der Waals surface area contributed by atoms with Crippen LogP contribution < -0.4 is 4.90 Å². The van der Waals surface area contributed by atoms with Crippen LogP contribution in [0.15, 0.2) is 65.9 Å². The molecule has 1 aliphatic heterocycles. The van der Waals surface area contributed by atoms with Gasteiger partial charge in [-0.1, -0.05) is 18.2 Å². The highest BCUT2D eigenvalue weighted by atomic mass is 19.4. The molecule has 0 N–H and O–H groups in total. The minimum Gasteiger partial charge on any atom is -0.268 e. The zero-order valence-electron chi connectivity index (χ0n) is 15.2. The molecule has 2 aromatic heterocycles. The molecule has 5 nitrogen and oxygen atoms in total. The second kappa shape index (κ2) is 7.18. The zero-order chi connectivity index (χ0) is 22.4. The van der Waals surface area contributed by atoms with Crippen LogP contribution in [0.5, 0.6) is 0 Å². The van der Waals surface area contributed by atoms with E-state index < -0.39 is 29.4 Å². The molecule has 1 amide bonds. The van der Waals surface area contributed by atoms with Crippen LogP contribution in [-0.2, 0) is 12.4 Å². The Morgan fingerprint density at radius 3 is 2.00 bits per heavy atom. The van der Waals surface area contributed by atoms with Crippen molar-refractivity contribution in [2.75, 3.05) is 4.90 Å². The number of aromatic nitrogens is 2. The molecule has 31 heavy (non-hydrogen) atoms. The van der Waals surface area contributed by atoms with Gasteiger partial charge in [-0.05, 0) is 30.3 Å². The number of benzene rings is 1. The number of hydrogen-bond acceptors (Lipinski definition) is 4. The maximum atomic E-state index is 13.1. The minimum atomic E-state index is -4.69. The molecular weight excluding hydrogens is 426 g/mol. The lowest BCUT2D eigenvalue weighted by molar-refractivity contribution is -0.138. The lowest BCUT2D eigenvalue weighted by Crippen LogP contribution is -2.31. The maximum absolute atomic E-state index is 13.1. The van der Waals surface area contributed by atoms with E-state index in [-0.39, 0.29) is 28.6 Å². The van der Waals surface area contributed by atoms with E-state index in [2.05, 4.69) is 15.0 Å². The van der Waals surface area contributed by atoms with Gasteiger partial charge in [-0.3, -0.25) is 4.79 Å². The number of fused-ring (bicyclic) bond motifs is 1. The first-order chi connectivity index (χ1) is 14.6. The lowest BCUT2D eigenvalue weighted by atomic mass is 10.1. The number of nitrogens with zero attached hydrogens (tertiary/aromatic N) is 4. The van der Waals surface area contributed by atoms with E-state index in [1.807, 2.05) is 0 Å². The summed E-state index contributed by atoms with van der Waals surface area (Å²) in [4.78, 5) is 25.4. The van der Waals surface area contributed by atoms with E-state index in [1.165, 1.54) is 12.1 Å². The Bertz CT molecular complexity index is 1200. The van der Waals surface area contributed by atoms with Gasteiger partial charge in [-0.2, -0.15) is 26.3 Å². The third-order valence-corrected chi connectivity index (χ3v) is 4.41. The van der Waals surface area contributed by atoms with Crippen LogP contribution in [0.4, 0.5) is 38.0 Å². The summed E-state index contributed by atoms with van der Waals surface area (Å²) in [5, 5.41) is 0. The summed E-state index contributed by atoms with van der Waals surface area (Å²) in [6, 6.07) is 8.85. The smallest absolute Gasteiger partial charge is 0.268 e. The number of halogens is 6. The lowest BCUT2D eigenvalue weighted by Gasteiger charge is -2.17. The Hall–Kier alpha value is -3.76. The Labute approximate surface area is 170 Å². The molecule has 0 bridgehead atoms. The van der Waals surface area contributed by atoms with Gasteiger partial charge in [0.15, 0.2) is 11.7 Å². The third-order valence-electron chi connectivity index (χ3n) is 4.41. The summed E-state index contributed by atoms with van der Waals surface area (Å²) in [5.41, 5.74) is -1.71. The van der Waals surface area contributed by atoms with E-state index in [4.69, 9.17) is 0 Å². The average Bonchev–Trinajstić information content (AvgIpc) is 2.99. The fourth-order valence-electron chi connectivity index (χ4n) is 3.01. The van der Waals surface area contributed by atoms with E-state index in [0.717, 1.165) is 29.4 Å². The van der Waals surface area contributed by atoms with Gasteiger partial charge in [0.2, 0.25) is 0 Å². The molecule has 11 heteroatoms. The van der Waals surface area contributed by atoms with Crippen LogP contribution in [0.1, 0.15) is 27.0 Å². The number of pyridine rings is 2. The van der Waals surface area contributed by atoms with Crippen LogP contribution in [0.3, 0.4) is 0 Å². The van der Waals surface area contributed by atoms with Gasteiger partial charge >= 0.3 is 12.4 Å². The molecule has 0 saturated carbocycles. The zero-order valence-corrected chi connectivity index (χ0v) is 15.2. The van der Waals surface area contributed by atoms with Crippen molar-refractivity contribution in [3.05, 3.63) is 83.2 Å². The molecule has 0 spiro atoms. The predicted molar refractivity (Wildman–Crippen MR) is 97.9 cm³/mol. The Balaban J connectivity index is 1.88. The van der Waals surface area contributed by atoms with Crippen molar-refractivity contribution in [1.29, 1.82) is 0 Å². The first kappa shape index (κ1) is 20.5. The molecule has 3 heterocycles. The molecule has 158 valence electrons. The number of anilines is 1. The molecular formula is C20H10F6N4O. The predicted octanol–water partition coefficient (Wildman–Crippen LogP) is 5.25. The van der Waals surface area contributed by atoms with Crippen LogP contribution in [0.2, 0.25) is 0 Å². The summed E-state index contributed by atoms with van der Waals surface area (Å²) < 4.78 is 78.5. The molecule has 3 aromatic rings. The second-order valence-corrected chi connectivity index (χ2v) is 6.42. The Morgan fingerprint density at radius 2 is 1.35 bits per heavy atom. The van der Waals surface area contributed by atoms with Crippen molar-refractivity contribution < 1.29 is 31.1 Å². The number of carbonyl (C=O) groups excluding carboxylic acids is 1. The van der Waals surface area contributed by atoms with Crippen LogP contribution in [-0.4, -0.2) is 21.7 Å². The van der Waals surface area contributed by atoms with E-state index in [1.54, 1.807) is 12.1 Å². The van der Waals surface area contributed by atoms with Gasteiger partial charge < -0.3 is 0 Å². The first-order valence-corrected chi connectivity index (χ1v) is 8.65. The Kier molecular flexibility index (Phi) is 4.75. The fourth-order valence-corrected chi connectivity index (χ4v) is 3.01. The topological polar surface area (TPSA) is 58.5 Å². The molecule has 0 radical (unpaired) electrons. The molecule has 0 aliphatic carbocycles. The largest absolute Gasteiger partial charge is 0.416 e. The fraction of sp³-hybridized carbons (Fsp3) is 0.100. The molecule has 1 aromatic carbocycles. The monoisotopic (exact) mass is 436 g/mol. The van der Waals surface area contributed by atoms with E-state index in [0.29, 0.717) is 12.1 Å². The minimum absolute atomic E-state index is 0.118. The average molecular weight is 436 g/mol. The van der Waals surface area contributed by atoms with E-state index >= 15 is 0 Å². The molecule has 4 rings (SSSR count). The van der Waals surface area contributed by atoms with Gasteiger partial charge in [0.05, 0.1) is 16.7 Å². The second-order valence-electron chi connectivity index (χ2n) is 6.42. The SMILES string of the molecule is O=C1c2ccccc2C(=Nc2cc(C(F)(F)F)ccn2)N1c1cc(C(F)(F)F)ccn1. The van der Waals surface area contributed by atoms with Gasteiger partial charge in [0, 0.05) is 18.0 Å². The maximum Gasteiger partial charge on any atom is 0.416 e. The van der Waals surface area contributed by atoms with Crippen molar-refractivity contribution in [3.8, 4) is 0 Å². The third kappa shape index (κ3) is 3.86. The van der Waals surface area contributed by atoms with Crippen molar-refractivity contribution in [2.45, 2.75) is 12.4 Å². The van der Waals surface area contributed by atoms with Crippen LogP contribution >= 0.6 is 0 Å². The first-order valence-electron chi connectivity index (χ1n) is 8.65. The van der Waals surface area contributed by atoms with Crippen molar-refractivity contribution in [2.24, 2.45) is 4.99 Å². The quantitative estimate of drug-likeness (QED) is 0.516. The van der Waals surface area contributed by atoms with Gasteiger partial charge in [0.25, 0.3) is 5.91 Å². The van der Waals surface area contributed by atoms with Gasteiger partial charge in [-0.25, -0.2) is 19.9 Å². The highest BCUT2D eigenvalue weighted by molar-refractivity contribution is 6.36. The number of hydrogen-bond donors (Lipinski definition) is 0.